The summed E-state index contributed by atoms with van der Waals surface area (Å²) in [6, 6.07) is 1.98. The van der Waals surface area contributed by atoms with Gasteiger partial charge in [0.05, 0.1) is 6.33 Å². The summed E-state index contributed by atoms with van der Waals surface area (Å²) < 4.78 is 2.09. The highest BCUT2D eigenvalue weighted by atomic mass is 15.1. The van der Waals surface area contributed by atoms with Gasteiger partial charge in [-0.25, -0.2) is 15.0 Å². The molecule has 2 rings (SSSR count). The molecule has 0 radical (unpaired) electrons. The predicted octanol–water partition coefficient (Wildman–Crippen LogP) is 2.18. The molecule has 2 aromatic rings. The van der Waals surface area contributed by atoms with Crippen molar-refractivity contribution in [3.05, 3.63) is 36.2 Å². The monoisotopic (exact) mass is 245 g/mol. The van der Waals surface area contributed by atoms with Crippen molar-refractivity contribution < 1.29 is 0 Å². The van der Waals surface area contributed by atoms with Gasteiger partial charge in [-0.2, -0.15) is 0 Å². The molecular formula is C13H19N5. The summed E-state index contributed by atoms with van der Waals surface area (Å²) in [6.45, 7) is 5.88. The van der Waals surface area contributed by atoms with Crippen molar-refractivity contribution in [3.8, 4) is 0 Å². The molecule has 1 N–H and O–H groups in total. The molecule has 0 spiro atoms. The number of imidazole rings is 1. The van der Waals surface area contributed by atoms with Crippen LogP contribution in [0.15, 0.2) is 24.8 Å². The van der Waals surface area contributed by atoms with Gasteiger partial charge in [0, 0.05) is 36.9 Å². The molecule has 2 heterocycles. The second-order valence-electron chi connectivity index (χ2n) is 4.41. The first kappa shape index (κ1) is 12.5. The minimum Gasteiger partial charge on any atom is -0.354 e. The van der Waals surface area contributed by atoms with E-state index in [2.05, 4.69) is 24.8 Å². The summed E-state index contributed by atoms with van der Waals surface area (Å²) in [5, 5.41) is 3.26. The molecule has 0 saturated heterocycles. The average Bonchev–Trinajstić information content (AvgIpc) is 2.80. The van der Waals surface area contributed by atoms with Crippen LogP contribution in [0.4, 0.5) is 5.95 Å². The first-order valence-electron chi connectivity index (χ1n) is 6.26. The van der Waals surface area contributed by atoms with Crippen molar-refractivity contribution >= 4 is 5.95 Å². The molecule has 96 valence electrons. The number of aryl methyl sites for hydroxylation is 3. The topological polar surface area (TPSA) is 55.6 Å². The van der Waals surface area contributed by atoms with E-state index in [1.165, 1.54) is 0 Å². The molecule has 0 amide bonds. The van der Waals surface area contributed by atoms with Crippen LogP contribution in [0.3, 0.4) is 0 Å². The lowest BCUT2D eigenvalue weighted by Crippen LogP contribution is -2.07. The summed E-state index contributed by atoms with van der Waals surface area (Å²) in [7, 11) is 0. The highest BCUT2D eigenvalue weighted by Crippen LogP contribution is 2.04. The highest BCUT2D eigenvalue weighted by molar-refractivity contribution is 5.27. The molecule has 5 nitrogen and oxygen atoms in total. The van der Waals surface area contributed by atoms with Gasteiger partial charge in [0.15, 0.2) is 0 Å². The van der Waals surface area contributed by atoms with Gasteiger partial charge < -0.3 is 9.88 Å². The molecule has 0 aliphatic carbocycles. The van der Waals surface area contributed by atoms with Crippen molar-refractivity contribution in [3.63, 3.8) is 0 Å². The van der Waals surface area contributed by atoms with Gasteiger partial charge in [0.2, 0.25) is 5.95 Å². The first-order chi connectivity index (χ1) is 8.74. The van der Waals surface area contributed by atoms with Crippen molar-refractivity contribution in [2.24, 2.45) is 0 Å². The SMILES string of the molecule is Cc1cc(C)nc(NCCCCn2ccnc2)n1. The smallest absolute Gasteiger partial charge is 0.223 e. The molecule has 5 heteroatoms. The summed E-state index contributed by atoms with van der Waals surface area (Å²) in [5.74, 6) is 0.732. The van der Waals surface area contributed by atoms with E-state index < -0.39 is 0 Å². The Hall–Kier alpha value is -1.91. The Morgan fingerprint density at radius 3 is 2.61 bits per heavy atom. The zero-order valence-corrected chi connectivity index (χ0v) is 10.9. The van der Waals surface area contributed by atoms with E-state index in [1.54, 1.807) is 0 Å². The number of hydrogen-bond donors (Lipinski definition) is 1. The molecule has 2 aromatic heterocycles. The second-order valence-corrected chi connectivity index (χ2v) is 4.41. The van der Waals surface area contributed by atoms with Crippen LogP contribution >= 0.6 is 0 Å². The predicted molar refractivity (Wildman–Crippen MR) is 71.5 cm³/mol. The number of nitrogens with zero attached hydrogens (tertiary/aromatic N) is 4. The Morgan fingerprint density at radius 1 is 1.17 bits per heavy atom. The molecule has 0 saturated carbocycles. The molecular weight excluding hydrogens is 226 g/mol. The summed E-state index contributed by atoms with van der Waals surface area (Å²) >= 11 is 0. The minimum atomic E-state index is 0.732. The minimum absolute atomic E-state index is 0.732. The molecule has 0 aliphatic rings. The molecule has 18 heavy (non-hydrogen) atoms. The zero-order chi connectivity index (χ0) is 12.8. The van der Waals surface area contributed by atoms with Gasteiger partial charge in [0.25, 0.3) is 0 Å². The van der Waals surface area contributed by atoms with Crippen LogP contribution in [0.1, 0.15) is 24.2 Å². The maximum atomic E-state index is 4.34. The Balaban J connectivity index is 1.68. The Labute approximate surface area is 107 Å². The standard InChI is InChI=1S/C13H19N5/c1-11-9-12(2)17-13(16-11)15-5-3-4-7-18-8-6-14-10-18/h6,8-10H,3-5,7H2,1-2H3,(H,15,16,17). The van der Waals surface area contributed by atoms with Crippen molar-refractivity contribution in [1.29, 1.82) is 0 Å². The Bertz CT molecular complexity index is 458. The van der Waals surface area contributed by atoms with Crippen LogP contribution in [-0.2, 0) is 6.54 Å². The van der Waals surface area contributed by atoms with Gasteiger partial charge in [-0.1, -0.05) is 0 Å². The van der Waals surface area contributed by atoms with Crippen molar-refractivity contribution in [1.82, 2.24) is 19.5 Å². The lowest BCUT2D eigenvalue weighted by atomic mass is 10.3. The third-order valence-corrected chi connectivity index (χ3v) is 2.67. The summed E-state index contributed by atoms with van der Waals surface area (Å²) in [6.07, 6.45) is 7.85. The van der Waals surface area contributed by atoms with Crippen LogP contribution in [0.5, 0.6) is 0 Å². The number of unbranched alkanes of at least 4 members (excludes halogenated alkanes) is 1. The van der Waals surface area contributed by atoms with Crippen LogP contribution in [0.25, 0.3) is 0 Å². The van der Waals surface area contributed by atoms with Crippen LogP contribution in [0.2, 0.25) is 0 Å². The van der Waals surface area contributed by atoms with Crippen LogP contribution in [-0.4, -0.2) is 26.1 Å². The fourth-order valence-electron chi connectivity index (χ4n) is 1.84. The van der Waals surface area contributed by atoms with Crippen LogP contribution in [0, 0.1) is 13.8 Å². The molecule has 0 aliphatic heterocycles. The zero-order valence-electron chi connectivity index (χ0n) is 10.9. The third kappa shape index (κ3) is 3.84. The molecule has 0 fully saturated rings. The van der Waals surface area contributed by atoms with Gasteiger partial charge in [-0.3, -0.25) is 0 Å². The lowest BCUT2D eigenvalue weighted by molar-refractivity contribution is 0.620. The number of aromatic nitrogens is 4. The first-order valence-corrected chi connectivity index (χ1v) is 6.26. The molecule has 0 bridgehead atoms. The third-order valence-electron chi connectivity index (χ3n) is 2.67. The maximum absolute atomic E-state index is 4.34. The quantitative estimate of drug-likeness (QED) is 0.793. The molecule has 0 aromatic carbocycles. The highest BCUT2D eigenvalue weighted by Gasteiger charge is 1.98. The lowest BCUT2D eigenvalue weighted by Gasteiger charge is -2.06. The number of rotatable bonds is 6. The molecule has 0 atom stereocenters. The van der Waals surface area contributed by atoms with E-state index >= 15 is 0 Å². The van der Waals surface area contributed by atoms with Crippen molar-refractivity contribution in [2.45, 2.75) is 33.2 Å². The number of hydrogen-bond acceptors (Lipinski definition) is 4. The summed E-state index contributed by atoms with van der Waals surface area (Å²) in [4.78, 5) is 12.7. The number of anilines is 1. The largest absolute Gasteiger partial charge is 0.354 e. The second kappa shape index (κ2) is 6.14. The van der Waals surface area contributed by atoms with Gasteiger partial charge in [0.1, 0.15) is 0 Å². The van der Waals surface area contributed by atoms with E-state index in [0.717, 1.165) is 43.3 Å². The fourth-order valence-corrected chi connectivity index (χ4v) is 1.84. The normalized spacial score (nSPS) is 10.6. The fraction of sp³-hybridized carbons (Fsp3) is 0.462. The summed E-state index contributed by atoms with van der Waals surface area (Å²) in [5.41, 5.74) is 2.01. The van der Waals surface area contributed by atoms with E-state index in [-0.39, 0.29) is 0 Å². The van der Waals surface area contributed by atoms with Gasteiger partial charge >= 0.3 is 0 Å². The Morgan fingerprint density at radius 2 is 1.94 bits per heavy atom. The van der Waals surface area contributed by atoms with E-state index in [0.29, 0.717) is 0 Å². The van der Waals surface area contributed by atoms with E-state index in [1.807, 2.05) is 38.6 Å². The van der Waals surface area contributed by atoms with E-state index in [4.69, 9.17) is 0 Å². The van der Waals surface area contributed by atoms with E-state index in [9.17, 15) is 0 Å². The van der Waals surface area contributed by atoms with Gasteiger partial charge in [-0.15, -0.1) is 0 Å². The number of nitrogens with one attached hydrogen (secondary N) is 1. The maximum Gasteiger partial charge on any atom is 0.223 e. The molecule has 0 unspecified atom stereocenters. The van der Waals surface area contributed by atoms with Crippen molar-refractivity contribution in [2.75, 3.05) is 11.9 Å². The Kier molecular flexibility index (Phi) is 4.28. The van der Waals surface area contributed by atoms with Crippen LogP contribution < -0.4 is 5.32 Å². The van der Waals surface area contributed by atoms with Gasteiger partial charge in [-0.05, 0) is 32.8 Å². The average molecular weight is 245 g/mol.